The molecule has 5 nitrogen and oxygen atoms in total. The van der Waals surface area contributed by atoms with Crippen molar-refractivity contribution < 1.29 is 0 Å². The molecule has 0 aliphatic rings. The van der Waals surface area contributed by atoms with Crippen LogP contribution in [0.4, 0.5) is 5.82 Å². The largest absolute Gasteiger partial charge is 0.364 e. The number of rotatable bonds is 6. The molecule has 0 radical (unpaired) electrons. The first kappa shape index (κ1) is 19.9. The molecule has 0 unspecified atom stereocenters. The third-order valence-electron chi connectivity index (χ3n) is 5.62. The summed E-state index contributed by atoms with van der Waals surface area (Å²) in [5.41, 5.74) is 6.74. The van der Waals surface area contributed by atoms with Crippen LogP contribution in [-0.4, -0.2) is 19.6 Å². The molecule has 0 aliphatic carbocycles. The van der Waals surface area contributed by atoms with E-state index in [0.29, 0.717) is 12.5 Å². The van der Waals surface area contributed by atoms with Crippen molar-refractivity contribution in [1.29, 1.82) is 0 Å². The maximum absolute atomic E-state index is 4.92. The van der Waals surface area contributed by atoms with Gasteiger partial charge in [0.25, 0.3) is 0 Å². The van der Waals surface area contributed by atoms with E-state index in [9.17, 15) is 0 Å². The summed E-state index contributed by atoms with van der Waals surface area (Å²) in [5, 5.41) is 8.29. The van der Waals surface area contributed by atoms with Gasteiger partial charge in [0.15, 0.2) is 11.6 Å². The van der Waals surface area contributed by atoms with Crippen LogP contribution in [0.25, 0.3) is 28.0 Å². The lowest BCUT2D eigenvalue weighted by Gasteiger charge is -2.14. The van der Waals surface area contributed by atoms with Crippen molar-refractivity contribution in [3.63, 3.8) is 0 Å². The topological polar surface area (TPSA) is 55.1 Å². The van der Waals surface area contributed by atoms with Crippen molar-refractivity contribution in [1.82, 2.24) is 19.6 Å². The molecule has 1 N–H and O–H groups in total. The lowest BCUT2D eigenvalue weighted by atomic mass is 9.97. The molecule has 0 bridgehead atoms. The highest BCUT2D eigenvalue weighted by Crippen LogP contribution is 2.28. The van der Waals surface area contributed by atoms with Crippen LogP contribution in [0, 0.1) is 0 Å². The Bertz CT molecular complexity index is 1340. The van der Waals surface area contributed by atoms with Crippen molar-refractivity contribution >= 4 is 11.3 Å². The third-order valence-corrected chi connectivity index (χ3v) is 5.62. The molecule has 0 atom stereocenters. The number of nitrogens with one attached hydrogen (secondary N) is 1. The number of anilines is 1. The van der Waals surface area contributed by atoms with Crippen molar-refractivity contribution in [3.05, 3.63) is 103 Å². The minimum absolute atomic E-state index is 0.393. The third kappa shape index (κ3) is 3.97. The van der Waals surface area contributed by atoms with E-state index in [2.05, 4.69) is 72.7 Å². The SMILES string of the molecule is CC(C)c1ccccc1-c1nc(NCc2ccc(-c3cccnc3)cc2)c2cccn2n1. The van der Waals surface area contributed by atoms with Gasteiger partial charge in [0.05, 0.1) is 0 Å². The van der Waals surface area contributed by atoms with E-state index in [1.165, 1.54) is 11.1 Å². The van der Waals surface area contributed by atoms with Gasteiger partial charge in [0, 0.05) is 30.7 Å². The molecule has 0 fully saturated rings. The van der Waals surface area contributed by atoms with Gasteiger partial charge in [-0.15, -0.1) is 5.10 Å². The van der Waals surface area contributed by atoms with Gasteiger partial charge < -0.3 is 5.32 Å². The maximum atomic E-state index is 4.92. The zero-order valence-electron chi connectivity index (χ0n) is 18.2. The molecule has 0 amide bonds. The summed E-state index contributed by atoms with van der Waals surface area (Å²) in [4.78, 5) is 9.12. The van der Waals surface area contributed by atoms with E-state index in [-0.39, 0.29) is 0 Å². The van der Waals surface area contributed by atoms with Crippen LogP contribution < -0.4 is 5.32 Å². The quantitative estimate of drug-likeness (QED) is 0.356. The summed E-state index contributed by atoms with van der Waals surface area (Å²) in [6.07, 6.45) is 5.64. The first-order chi connectivity index (χ1) is 15.7. The Labute approximate surface area is 187 Å². The van der Waals surface area contributed by atoms with Crippen LogP contribution >= 0.6 is 0 Å². The molecule has 0 saturated heterocycles. The van der Waals surface area contributed by atoms with Crippen LogP contribution in [0.5, 0.6) is 0 Å². The monoisotopic (exact) mass is 419 g/mol. The molecule has 158 valence electrons. The zero-order valence-corrected chi connectivity index (χ0v) is 18.2. The Kier molecular flexibility index (Phi) is 5.38. The standard InChI is InChI=1S/C27H25N5/c1-19(2)23-8-3-4-9-24(23)26-30-27(25-10-6-16-32(25)31-26)29-17-20-11-13-21(14-12-20)22-7-5-15-28-18-22/h3-16,18-19H,17H2,1-2H3,(H,29,30,31). The average molecular weight is 420 g/mol. The Morgan fingerprint density at radius 2 is 1.72 bits per heavy atom. The van der Waals surface area contributed by atoms with Gasteiger partial charge in [-0.1, -0.05) is 68.4 Å². The van der Waals surface area contributed by atoms with Crippen molar-refractivity contribution in [2.75, 3.05) is 5.32 Å². The van der Waals surface area contributed by atoms with E-state index in [0.717, 1.165) is 33.8 Å². The molecule has 5 rings (SSSR count). The molecule has 3 heterocycles. The molecule has 0 aliphatic heterocycles. The fourth-order valence-corrected chi connectivity index (χ4v) is 3.92. The van der Waals surface area contributed by atoms with Crippen molar-refractivity contribution in [2.24, 2.45) is 0 Å². The van der Waals surface area contributed by atoms with E-state index >= 15 is 0 Å². The first-order valence-corrected chi connectivity index (χ1v) is 10.9. The van der Waals surface area contributed by atoms with Gasteiger partial charge in [-0.2, -0.15) is 0 Å². The highest BCUT2D eigenvalue weighted by Gasteiger charge is 2.14. The normalized spacial score (nSPS) is 11.2. The second kappa shape index (κ2) is 8.63. The summed E-state index contributed by atoms with van der Waals surface area (Å²) >= 11 is 0. The number of benzene rings is 2. The van der Waals surface area contributed by atoms with E-state index in [4.69, 9.17) is 10.1 Å². The van der Waals surface area contributed by atoms with Crippen LogP contribution in [0.3, 0.4) is 0 Å². The van der Waals surface area contributed by atoms with Gasteiger partial charge in [-0.25, -0.2) is 9.50 Å². The molecular weight excluding hydrogens is 394 g/mol. The van der Waals surface area contributed by atoms with E-state index in [1.54, 1.807) is 6.20 Å². The molecule has 5 aromatic rings. The van der Waals surface area contributed by atoms with E-state index < -0.39 is 0 Å². The fourth-order valence-electron chi connectivity index (χ4n) is 3.92. The average Bonchev–Trinajstić information content (AvgIpc) is 3.32. The van der Waals surface area contributed by atoms with Gasteiger partial charge in [-0.3, -0.25) is 4.98 Å². The lowest BCUT2D eigenvalue weighted by Crippen LogP contribution is -2.07. The lowest BCUT2D eigenvalue weighted by molar-refractivity contribution is 0.857. The zero-order chi connectivity index (χ0) is 21.9. The van der Waals surface area contributed by atoms with Crippen LogP contribution in [0.1, 0.15) is 30.9 Å². The Balaban J connectivity index is 1.43. The van der Waals surface area contributed by atoms with Crippen molar-refractivity contribution in [2.45, 2.75) is 26.3 Å². The highest BCUT2D eigenvalue weighted by atomic mass is 15.3. The number of nitrogens with zero attached hydrogens (tertiary/aromatic N) is 4. The summed E-state index contributed by atoms with van der Waals surface area (Å²) in [7, 11) is 0. The second-order valence-electron chi connectivity index (χ2n) is 8.16. The predicted octanol–water partition coefficient (Wildman–Crippen LogP) is 6.19. The molecular formula is C27H25N5. The van der Waals surface area contributed by atoms with Gasteiger partial charge in [-0.05, 0) is 46.4 Å². The van der Waals surface area contributed by atoms with Crippen molar-refractivity contribution in [3.8, 4) is 22.5 Å². The summed E-state index contributed by atoms with van der Waals surface area (Å²) < 4.78 is 1.90. The summed E-state index contributed by atoms with van der Waals surface area (Å²) in [6.45, 7) is 5.07. The molecule has 0 saturated carbocycles. The fraction of sp³-hybridized carbons (Fsp3) is 0.148. The van der Waals surface area contributed by atoms with Gasteiger partial charge in [0.2, 0.25) is 0 Å². The first-order valence-electron chi connectivity index (χ1n) is 10.9. The number of hydrogen-bond acceptors (Lipinski definition) is 4. The maximum Gasteiger partial charge on any atom is 0.182 e. The Hall–Kier alpha value is -3.99. The summed E-state index contributed by atoms with van der Waals surface area (Å²) in [5.74, 6) is 1.95. The molecule has 3 aromatic heterocycles. The number of pyridine rings is 1. The highest BCUT2D eigenvalue weighted by molar-refractivity contribution is 5.71. The van der Waals surface area contributed by atoms with Gasteiger partial charge in [0.1, 0.15) is 5.52 Å². The summed E-state index contributed by atoms with van der Waals surface area (Å²) in [6, 6.07) is 25.0. The molecule has 32 heavy (non-hydrogen) atoms. The molecule has 2 aromatic carbocycles. The van der Waals surface area contributed by atoms with Crippen LogP contribution in [-0.2, 0) is 6.54 Å². The Morgan fingerprint density at radius 3 is 2.50 bits per heavy atom. The number of fused-ring (bicyclic) bond motifs is 1. The minimum Gasteiger partial charge on any atom is -0.364 e. The number of hydrogen-bond donors (Lipinski definition) is 1. The van der Waals surface area contributed by atoms with Crippen LogP contribution in [0.2, 0.25) is 0 Å². The smallest absolute Gasteiger partial charge is 0.182 e. The minimum atomic E-state index is 0.393. The van der Waals surface area contributed by atoms with Gasteiger partial charge >= 0.3 is 0 Å². The Morgan fingerprint density at radius 1 is 0.875 bits per heavy atom. The van der Waals surface area contributed by atoms with Crippen LogP contribution in [0.15, 0.2) is 91.4 Å². The predicted molar refractivity (Wildman–Crippen MR) is 130 cm³/mol. The van der Waals surface area contributed by atoms with E-state index in [1.807, 2.05) is 41.2 Å². The molecule has 0 spiro atoms. The molecule has 5 heteroatoms. The number of aromatic nitrogens is 4. The second-order valence-corrected chi connectivity index (χ2v) is 8.16.